The minimum Gasteiger partial charge on any atom is -0.386 e. The Bertz CT molecular complexity index is 648. The molecular formula is C17H23NO2S. The minimum atomic E-state index is -1.12. The van der Waals surface area contributed by atoms with Crippen LogP contribution in [0.1, 0.15) is 39.7 Å². The monoisotopic (exact) mass is 305 g/mol. The van der Waals surface area contributed by atoms with Gasteiger partial charge in [0.15, 0.2) is 0 Å². The molecule has 3 nitrogen and oxygen atoms in total. The smallest absolute Gasteiger partial charge is 0.257 e. The second-order valence-corrected chi connectivity index (χ2v) is 7.26. The van der Waals surface area contributed by atoms with Gasteiger partial charge >= 0.3 is 0 Å². The van der Waals surface area contributed by atoms with E-state index in [0.717, 1.165) is 17.0 Å². The fraction of sp³-hybridized carbons (Fsp3) is 0.471. The number of rotatable bonds is 5. The maximum absolute atomic E-state index is 12.8. The third kappa shape index (κ3) is 3.63. The molecule has 21 heavy (non-hydrogen) atoms. The van der Waals surface area contributed by atoms with Crippen LogP contribution in [0.2, 0.25) is 0 Å². The Balaban J connectivity index is 2.56. The van der Waals surface area contributed by atoms with Crippen LogP contribution in [0, 0.1) is 5.92 Å². The normalized spacial score (nSPS) is 12.1. The van der Waals surface area contributed by atoms with E-state index in [1.165, 1.54) is 0 Å². The zero-order valence-electron chi connectivity index (χ0n) is 13.1. The maximum Gasteiger partial charge on any atom is 0.257 e. The molecule has 2 rings (SSSR count). The number of aromatic nitrogens is 1. The quantitative estimate of drug-likeness (QED) is 0.911. The van der Waals surface area contributed by atoms with Gasteiger partial charge in [-0.2, -0.15) is 0 Å². The predicted molar refractivity (Wildman–Crippen MR) is 88.7 cm³/mol. The zero-order valence-corrected chi connectivity index (χ0v) is 13.9. The minimum absolute atomic E-state index is 0.0888. The maximum atomic E-state index is 12.8. The number of nitrogens with zero attached hydrogens (tertiary/aromatic N) is 1. The molecule has 0 aliphatic rings. The van der Waals surface area contributed by atoms with Gasteiger partial charge in [0.25, 0.3) is 5.56 Å². The molecule has 2 aromatic rings. The summed E-state index contributed by atoms with van der Waals surface area (Å²) in [5.74, 6) is 0.527. The van der Waals surface area contributed by atoms with E-state index in [-0.39, 0.29) is 5.56 Å². The Morgan fingerprint density at radius 2 is 2.00 bits per heavy atom. The van der Waals surface area contributed by atoms with Gasteiger partial charge in [0, 0.05) is 12.1 Å². The fourth-order valence-electron chi connectivity index (χ4n) is 2.29. The van der Waals surface area contributed by atoms with E-state index in [1.54, 1.807) is 35.8 Å². The molecule has 2 aromatic heterocycles. The van der Waals surface area contributed by atoms with Crippen molar-refractivity contribution < 1.29 is 5.11 Å². The van der Waals surface area contributed by atoms with Gasteiger partial charge in [0.2, 0.25) is 0 Å². The molecule has 1 N–H and O–H groups in total. The summed E-state index contributed by atoms with van der Waals surface area (Å²) in [6.45, 7) is 8.28. The molecule has 0 bridgehead atoms. The Morgan fingerprint density at radius 3 is 2.52 bits per heavy atom. The SMILES string of the molecule is CC(C)CCn1c(-c2cccs2)ccc(C(C)(C)O)c1=O. The Kier molecular flexibility index (Phi) is 4.69. The van der Waals surface area contributed by atoms with Crippen molar-refractivity contribution in [1.82, 2.24) is 4.57 Å². The van der Waals surface area contributed by atoms with Gasteiger partial charge in [-0.25, -0.2) is 0 Å². The number of aliphatic hydroxyl groups is 1. The van der Waals surface area contributed by atoms with Gasteiger partial charge in [-0.15, -0.1) is 11.3 Å². The molecular weight excluding hydrogens is 282 g/mol. The molecule has 0 aromatic carbocycles. The van der Waals surface area contributed by atoms with E-state index in [1.807, 2.05) is 23.6 Å². The summed E-state index contributed by atoms with van der Waals surface area (Å²) in [6, 6.07) is 7.71. The molecule has 0 saturated heterocycles. The van der Waals surface area contributed by atoms with Gasteiger partial charge in [0.1, 0.15) is 0 Å². The molecule has 0 radical (unpaired) electrons. The molecule has 2 heterocycles. The lowest BCUT2D eigenvalue weighted by Gasteiger charge is -2.21. The van der Waals surface area contributed by atoms with Gasteiger partial charge in [-0.1, -0.05) is 19.9 Å². The van der Waals surface area contributed by atoms with Crippen LogP contribution >= 0.6 is 11.3 Å². The summed E-state index contributed by atoms with van der Waals surface area (Å²) in [5, 5.41) is 12.2. The van der Waals surface area contributed by atoms with Crippen molar-refractivity contribution >= 4 is 11.3 Å². The van der Waals surface area contributed by atoms with Crippen LogP contribution in [0.4, 0.5) is 0 Å². The lowest BCUT2D eigenvalue weighted by atomic mass is 9.99. The fourth-order valence-corrected chi connectivity index (χ4v) is 3.05. The first kappa shape index (κ1) is 16.0. The van der Waals surface area contributed by atoms with Crippen LogP contribution in [-0.4, -0.2) is 9.67 Å². The van der Waals surface area contributed by atoms with Crippen molar-refractivity contribution in [3.8, 4) is 10.6 Å². The van der Waals surface area contributed by atoms with Gasteiger partial charge in [-0.05, 0) is 49.8 Å². The lowest BCUT2D eigenvalue weighted by Crippen LogP contribution is -2.32. The van der Waals surface area contributed by atoms with Crippen LogP contribution in [0.15, 0.2) is 34.4 Å². The van der Waals surface area contributed by atoms with E-state index >= 15 is 0 Å². The topological polar surface area (TPSA) is 42.2 Å². The van der Waals surface area contributed by atoms with Crippen LogP contribution < -0.4 is 5.56 Å². The first-order valence-corrected chi connectivity index (χ1v) is 8.19. The molecule has 0 aliphatic carbocycles. The molecule has 0 unspecified atom stereocenters. The molecule has 0 atom stereocenters. The molecule has 0 amide bonds. The van der Waals surface area contributed by atoms with Crippen molar-refractivity contribution in [3.05, 3.63) is 45.6 Å². The summed E-state index contributed by atoms with van der Waals surface area (Å²) in [7, 11) is 0. The third-order valence-corrected chi connectivity index (χ3v) is 4.43. The molecule has 0 aliphatic heterocycles. The number of thiophene rings is 1. The Morgan fingerprint density at radius 1 is 1.29 bits per heavy atom. The van der Waals surface area contributed by atoms with Gasteiger partial charge < -0.3 is 9.67 Å². The summed E-state index contributed by atoms with van der Waals surface area (Å²) in [5.41, 5.74) is 0.175. The van der Waals surface area contributed by atoms with E-state index in [2.05, 4.69) is 13.8 Å². The van der Waals surface area contributed by atoms with E-state index in [4.69, 9.17) is 0 Å². The van der Waals surface area contributed by atoms with Crippen molar-refractivity contribution in [2.24, 2.45) is 5.92 Å². The summed E-state index contributed by atoms with van der Waals surface area (Å²) in [6.07, 6.45) is 0.938. The number of hydrogen-bond donors (Lipinski definition) is 1. The third-order valence-electron chi connectivity index (χ3n) is 3.54. The van der Waals surface area contributed by atoms with Crippen LogP contribution in [-0.2, 0) is 12.1 Å². The molecule has 0 spiro atoms. The predicted octanol–water partition coefficient (Wildman–Crippen LogP) is 3.85. The van der Waals surface area contributed by atoms with Crippen molar-refractivity contribution in [3.63, 3.8) is 0 Å². The van der Waals surface area contributed by atoms with E-state index in [9.17, 15) is 9.90 Å². The molecule has 114 valence electrons. The second-order valence-electron chi connectivity index (χ2n) is 6.31. The van der Waals surface area contributed by atoms with E-state index < -0.39 is 5.60 Å². The Labute approximate surface area is 129 Å². The summed E-state index contributed by atoms with van der Waals surface area (Å²) in [4.78, 5) is 13.8. The largest absolute Gasteiger partial charge is 0.386 e. The van der Waals surface area contributed by atoms with Gasteiger partial charge in [0.05, 0.1) is 16.2 Å². The Hall–Kier alpha value is -1.39. The highest BCUT2D eigenvalue weighted by Gasteiger charge is 2.22. The number of pyridine rings is 1. The summed E-state index contributed by atoms with van der Waals surface area (Å²) < 4.78 is 1.80. The molecule has 4 heteroatoms. The van der Waals surface area contributed by atoms with Gasteiger partial charge in [-0.3, -0.25) is 4.79 Å². The molecule has 0 fully saturated rings. The van der Waals surface area contributed by atoms with Crippen LogP contribution in [0.25, 0.3) is 10.6 Å². The first-order valence-electron chi connectivity index (χ1n) is 7.31. The van der Waals surface area contributed by atoms with Crippen LogP contribution in [0.3, 0.4) is 0 Å². The van der Waals surface area contributed by atoms with Crippen molar-refractivity contribution in [1.29, 1.82) is 0 Å². The summed E-state index contributed by atoms with van der Waals surface area (Å²) >= 11 is 1.62. The average molecular weight is 305 g/mol. The lowest BCUT2D eigenvalue weighted by molar-refractivity contribution is 0.0765. The highest BCUT2D eigenvalue weighted by Crippen LogP contribution is 2.26. The van der Waals surface area contributed by atoms with Crippen LogP contribution in [0.5, 0.6) is 0 Å². The standard InChI is InChI=1S/C17H23NO2S/c1-12(2)9-10-18-14(15-6-5-11-21-15)8-7-13(16(18)19)17(3,4)20/h5-8,11-12,20H,9-10H2,1-4H3. The highest BCUT2D eigenvalue weighted by atomic mass is 32.1. The van der Waals surface area contributed by atoms with Crippen molar-refractivity contribution in [2.75, 3.05) is 0 Å². The zero-order chi connectivity index (χ0) is 15.6. The molecule has 0 saturated carbocycles. The average Bonchev–Trinajstić information content (AvgIpc) is 2.88. The number of hydrogen-bond acceptors (Lipinski definition) is 3. The van der Waals surface area contributed by atoms with Crippen molar-refractivity contribution in [2.45, 2.75) is 46.3 Å². The second kappa shape index (κ2) is 6.16. The highest BCUT2D eigenvalue weighted by molar-refractivity contribution is 7.13. The van der Waals surface area contributed by atoms with E-state index in [0.29, 0.717) is 18.0 Å². The first-order chi connectivity index (χ1) is 9.80.